The highest BCUT2D eigenvalue weighted by atomic mass is 32.2. The number of rotatable bonds is 3. The van der Waals surface area contributed by atoms with Crippen LogP contribution >= 0.6 is 11.8 Å². The first-order valence-corrected chi connectivity index (χ1v) is 4.71. The van der Waals surface area contributed by atoms with Crippen molar-refractivity contribution in [2.45, 2.75) is 19.0 Å². The van der Waals surface area contributed by atoms with E-state index >= 15 is 0 Å². The maximum absolute atomic E-state index is 11.0. The number of carbonyl (C=O) groups is 1. The van der Waals surface area contributed by atoms with Crippen molar-refractivity contribution in [2.24, 2.45) is 0 Å². The summed E-state index contributed by atoms with van der Waals surface area (Å²) >= 11 is 1.29. The van der Waals surface area contributed by atoms with Gasteiger partial charge in [0.2, 0.25) is 0 Å². The highest BCUT2D eigenvalue weighted by molar-refractivity contribution is 7.99. The molecule has 68 valence electrons. The lowest BCUT2D eigenvalue weighted by Crippen LogP contribution is -1.94. The molecule has 0 aliphatic rings. The van der Waals surface area contributed by atoms with Gasteiger partial charge >= 0.3 is 0 Å². The van der Waals surface area contributed by atoms with Gasteiger partial charge in [-0.15, -0.1) is 0 Å². The van der Waals surface area contributed by atoms with Crippen LogP contribution in [0.4, 0.5) is 0 Å². The monoisotopic (exact) mass is 195 g/mol. The fraction of sp³-hybridized carbons (Fsp3) is 0.375. The number of ketones is 1. The van der Waals surface area contributed by atoms with Crippen LogP contribution in [0.3, 0.4) is 0 Å². The van der Waals surface area contributed by atoms with Crippen LogP contribution in [0, 0.1) is 18.3 Å². The molecule has 0 aliphatic heterocycles. The number of thioether (sulfide) groups is 1. The summed E-state index contributed by atoms with van der Waals surface area (Å²) in [7, 11) is 0. The Balaban J connectivity index is 2.84. The predicted octanol–water partition coefficient (Wildman–Crippen LogP) is 1.54. The summed E-state index contributed by atoms with van der Waals surface area (Å²) in [5.74, 6) is 0.280. The molecule has 0 bridgehead atoms. The molecular weight excluding hydrogens is 186 g/mol. The summed E-state index contributed by atoms with van der Waals surface area (Å²) in [4.78, 5) is 18.0. The molecule has 0 aliphatic carbocycles. The summed E-state index contributed by atoms with van der Waals surface area (Å²) in [6, 6.07) is 1.99. The van der Waals surface area contributed by atoms with Gasteiger partial charge < -0.3 is 4.98 Å². The summed E-state index contributed by atoms with van der Waals surface area (Å²) in [6.45, 7) is 3.27. The SMILES string of the molecule is CC(=O)c1nc(SCC#N)[nH]c1C. The van der Waals surface area contributed by atoms with Gasteiger partial charge in [0.05, 0.1) is 11.8 Å². The predicted molar refractivity (Wildman–Crippen MR) is 49.7 cm³/mol. The van der Waals surface area contributed by atoms with Crippen molar-refractivity contribution in [3.8, 4) is 6.07 Å². The minimum atomic E-state index is -0.0578. The second-order valence-corrected chi connectivity index (χ2v) is 3.48. The van der Waals surface area contributed by atoms with E-state index in [-0.39, 0.29) is 5.78 Å². The first-order chi connectivity index (χ1) is 6.15. The fourth-order valence-electron chi connectivity index (χ4n) is 0.945. The van der Waals surface area contributed by atoms with Gasteiger partial charge in [0.1, 0.15) is 5.69 Å². The Morgan fingerprint density at radius 2 is 2.46 bits per heavy atom. The number of Topliss-reactive ketones (excluding diaryl/α,β-unsaturated/α-hetero) is 1. The molecule has 0 aromatic carbocycles. The maximum Gasteiger partial charge on any atom is 0.179 e. The first-order valence-electron chi connectivity index (χ1n) is 3.72. The largest absolute Gasteiger partial charge is 0.336 e. The molecule has 1 heterocycles. The van der Waals surface area contributed by atoms with Crippen LogP contribution in [0.25, 0.3) is 0 Å². The van der Waals surface area contributed by atoms with E-state index in [9.17, 15) is 4.79 Å². The van der Waals surface area contributed by atoms with Gasteiger partial charge in [-0.2, -0.15) is 5.26 Å². The van der Waals surface area contributed by atoms with Crippen LogP contribution in [0.5, 0.6) is 0 Å². The van der Waals surface area contributed by atoms with E-state index < -0.39 is 0 Å². The van der Waals surface area contributed by atoms with Crippen molar-refractivity contribution in [3.05, 3.63) is 11.4 Å². The second kappa shape index (κ2) is 4.10. The molecule has 1 rings (SSSR count). The third-order valence-electron chi connectivity index (χ3n) is 1.47. The third-order valence-corrected chi connectivity index (χ3v) is 2.21. The molecule has 0 amide bonds. The smallest absolute Gasteiger partial charge is 0.179 e. The average Bonchev–Trinajstić information content (AvgIpc) is 2.43. The van der Waals surface area contributed by atoms with E-state index in [1.165, 1.54) is 18.7 Å². The zero-order valence-corrected chi connectivity index (χ0v) is 8.23. The number of nitrogens with one attached hydrogen (secondary N) is 1. The molecule has 0 unspecified atom stereocenters. The lowest BCUT2D eigenvalue weighted by molar-refractivity contribution is 0.101. The Bertz CT molecular complexity index is 364. The van der Waals surface area contributed by atoms with Crippen LogP contribution in [-0.4, -0.2) is 21.5 Å². The van der Waals surface area contributed by atoms with Crippen molar-refractivity contribution in [1.29, 1.82) is 5.26 Å². The van der Waals surface area contributed by atoms with Crippen LogP contribution in [-0.2, 0) is 0 Å². The van der Waals surface area contributed by atoms with E-state index in [2.05, 4.69) is 9.97 Å². The Hall–Kier alpha value is -1.28. The van der Waals surface area contributed by atoms with E-state index in [0.717, 1.165) is 5.69 Å². The van der Waals surface area contributed by atoms with Crippen molar-refractivity contribution in [1.82, 2.24) is 9.97 Å². The van der Waals surface area contributed by atoms with Crippen LogP contribution in [0.15, 0.2) is 5.16 Å². The normalized spacial score (nSPS) is 9.62. The Morgan fingerprint density at radius 1 is 1.77 bits per heavy atom. The highest BCUT2D eigenvalue weighted by Crippen LogP contribution is 2.15. The van der Waals surface area contributed by atoms with Crippen LogP contribution < -0.4 is 0 Å². The molecule has 0 fully saturated rings. The van der Waals surface area contributed by atoms with Gasteiger partial charge in [0.15, 0.2) is 10.9 Å². The summed E-state index contributed by atoms with van der Waals surface area (Å²) in [6.07, 6.45) is 0. The van der Waals surface area contributed by atoms with Crippen molar-refractivity contribution >= 4 is 17.5 Å². The minimum Gasteiger partial charge on any atom is -0.336 e. The Kier molecular flexibility index (Phi) is 3.09. The number of nitrogens with zero attached hydrogens (tertiary/aromatic N) is 2. The number of aromatic nitrogens is 2. The highest BCUT2D eigenvalue weighted by Gasteiger charge is 2.10. The van der Waals surface area contributed by atoms with Gasteiger partial charge in [-0.3, -0.25) is 4.79 Å². The maximum atomic E-state index is 11.0. The number of imidazole rings is 1. The van der Waals surface area contributed by atoms with Gasteiger partial charge in [-0.25, -0.2) is 4.98 Å². The molecule has 0 saturated heterocycles. The summed E-state index contributed by atoms with van der Waals surface area (Å²) in [5, 5.41) is 8.96. The Morgan fingerprint density at radius 3 is 2.92 bits per heavy atom. The van der Waals surface area contributed by atoms with Gasteiger partial charge in [0, 0.05) is 12.6 Å². The molecule has 1 aromatic rings. The fourth-order valence-corrected chi connectivity index (χ4v) is 1.53. The number of H-pyrrole nitrogens is 1. The number of aromatic amines is 1. The molecule has 1 aromatic heterocycles. The molecule has 0 saturated carbocycles. The minimum absolute atomic E-state index is 0.0578. The molecule has 0 spiro atoms. The molecular formula is C8H9N3OS. The standard InChI is InChI=1S/C8H9N3OS/c1-5-7(6(2)12)11-8(10-5)13-4-3-9/h4H2,1-2H3,(H,10,11). The molecule has 0 atom stereocenters. The number of aryl methyl sites for hydroxylation is 1. The lowest BCUT2D eigenvalue weighted by atomic mass is 10.3. The van der Waals surface area contributed by atoms with Crippen LogP contribution in [0.2, 0.25) is 0 Å². The zero-order valence-electron chi connectivity index (χ0n) is 7.42. The average molecular weight is 195 g/mol. The van der Waals surface area contributed by atoms with Crippen molar-refractivity contribution < 1.29 is 4.79 Å². The van der Waals surface area contributed by atoms with Gasteiger partial charge in [0.25, 0.3) is 0 Å². The Labute approximate surface area is 80.4 Å². The number of hydrogen-bond donors (Lipinski definition) is 1. The lowest BCUT2D eigenvalue weighted by Gasteiger charge is -1.86. The molecule has 13 heavy (non-hydrogen) atoms. The number of carbonyl (C=O) groups excluding carboxylic acids is 1. The quantitative estimate of drug-likeness (QED) is 0.586. The van der Waals surface area contributed by atoms with Crippen LogP contribution in [0.1, 0.15) is 23.1 Å². The molecule has 0 radical (unpaired) electrons. The summed E-state index contributed by atoms with van der Waals surface area (Å²) in [5.41, 5.74) is 1.22. The molecule has 1 N–H and O–H groups in total. The summed E-state index contributed by atoms with van der Waals surface area (Å²) < 4.78 is 0. The van der Waals surface area contributed by atoms with Crippen molar-refractivity contribution in [2.75, 3.05) is 5.75 Å². The topological polar surface area (TPSA) is 69.5 Å². The van der Waals surface area contributed by atoms with Crippen molar-refractivity contribution in [3.63, 3.8) is 0 Å². The second-order valence-electron chi connectivity index (χ2n) is 2.52. The zero-order chi connectivity index (χ0) is 9.84. The van der Waals surface area contributed by atoms with E-state index in [4.69, 9.17) is 5.26 Å². The van der Waals surface area contributed by atoms with E-state index in [0.29, 0.717) is 16.6 Å². The van der Waals surface area contributed by atoms with E-state index in [1.54, 1.807) is 6.92 Å². The number of nitriles is 1. The number of hydrogen-bond acceptors (Lipinski definition) is 4. The third kappa shape index (κ3) is 2.33. The molecule has 4 nitrogen and oxygen atoms in total. The van der Waals surface area contributed by atoms with E-state index in [1.807, 2.05) is 6.07 Å². The first kappa shape index (κ1) is 9.81. The molecule has 5 heteroatoms. The van der Waals surface area contributed by atoms with Gasteiger partial charge in [-0.05, 0) is 6.92 Å². The van der Waals surface area contributed by atoms with Gasteiger partial charge in [-0.1, -0.05) is 11.8 Å².